The molecule has 114 valence electrons. The summed E-state index contributed by atoms with van der Waals surface area (Å²) in [6, 6.07) is 5.80. The fraction of sp³-hybridized carbons (Fsp3) is 0.625. The molecule has 0 saturated heterocycles. The van der Waals surface area contributed by atoms with E-state index in [-0.39, 0.29) is 6.10 Å². The summed E-state index contributed by atoms with van der Waals surface area (Å²) in [4.78, 5) is 2.40. The molecule has 1 rings (SSSR count). The van der Waals surface area contributed by atoms with Crippen LogP contribution < -0.4 is 10.1 Å². The normalized spacial score (nSPS) is 11.3. The lowest BCUT2D eigenvalue weighted by Gasteiger charge is -2.19. The number of benzene rings is 1. The minimum absolute atomic E-state index is 0.172. The van der Waals surface area contributed by atoms with E-state index >= 15 is 0 Å². The Kier molecular flexibility index (Phi) is 7.97. The van der Waals surface area contributed by atoms with E-state index in [2.05, 4.69) is 24.1 Å². The molecule has 1 N–H and O–H groups in total. The quantitative estimate of drug-likeness (QED) is 0.706. The van der Waals surface area contributed by atoms with Gasteiger partial charge in [-0.3, -0.25) is 0 Å². The predicted molar refractivity (Wildman–Crippen MR) is 86.7 cm³/mol. The molecule has 1 aromatic rings. The van der Waals surface area contributed by atoms with Crippen molar-refractivity contribution in [1.82, 2.24) is 10.2 Å². The van der Waals surface area contributed by atoms with Crippen LogP contribution in [0.1, 0.15) is 33.3 Å². The molecule has 0 radical (unpaired) electrons. The van der Waals surface area contributed by atoms with Gasteiger partial charge >= 0.3 is 0 Å². The minimum atomic E-state index is 0.172. The lowest BCUT2D eigenvalue weighted by atomic mass is 10.2. The van der Waals surface area contributed by atoms with Crippen LogP contribution in [-0.2, 0) is 6.54 Å². The number of hydrogen-bond acceptors (Lipinski definition) is 3. The van der Waals surface area contributed by atoms with E-state index in [4.69, 9.17) is 16.3 Å². The molecule has 0 spiro atoms. The lowest BCUT2D eigenvalue weighted by Crippen LogP contribution is -2.31. The van der Waals surface area contributed by atoms with Crippen LogP contribution in [0.25, 0.3) is 0 Å². The molecular weight excluding hydrogens is 272 g/mol. The fourth-order valence-corrected chi connectivity index (χ4v) is 2.25. The van der Waals surface area contributed by atoms with Crippen molar-refractivity contribution in [3.8, 4) is 5.75 Å². The lowest BCUT2D eigenvalue weighted by molar-refractivity contribution is 0.239. The fourth-order valence-electron chi connectivity index (χ4n) is 2.06. The van der Waals surface area contributed by atoms with Crippen molar-refractivity contribution in [2.75, 3.05) is 26.2 Å². The zero-order valence-corrected chi connectivity index (χ0v) is 13.8. The summed E-state index contributed by atoms with van der Waals surface area (Å²) in [5.41, 5.74) is 1.12. The van der Waals surface area contributed by atoms with Crippen LogP contribution in [0, 0.1) is 0 Å². The Labute approximate surface area is 128 Å². The van der Waals surface area contributed by atoms with Crippen LogP contribution in [0.4, 0.5) is 0 Å². The molecule has 0 amide bonds. The second kappa shape index (κ2) is 9.22. The summed E-state index contributed by atoms with van der Waals surface area (Å²) in [7, 11) is 0. The first-order valence-electron chi connectivity index (χ1n) is 7.45. The molecule has 0 saturated carbocycles. The number of halogens is 1. The molecule has 0 bridgehead atoms. The predicted octanol–water partition coefficient (Wildman–Crippen LogP) is 3.56. The summed E-state index contributed by atoms with van der Waals surface area (Å²) in [6.07, 6.45) is 0.172. The maximum absolute atomic E-state index is 6.07. The van der Waals surface area contributed by atoms with Gasteiger partial charge in [-0.05, 0) is 45.1 Å². The van der Waals surface area contributed by atoms with Gasteiger partial charge in [-0.2, -0.15) is 0 Å². The average Bonchev–Trinajstić information content (AvgIpc) is 2.41. The number of nitrogens with one attached hydrogen (secondary N) is 1. The molecular formula is C16H27ClN2O. The standard InChI is InChI=1S/C16H27ClN2O/c1-5-19(6-2)10-9-18-12-14-11-15(17)7-8-16(14)20-13(3)4/h7-8,11,13,18H,5-6,9-10,12H2,1-4H3. The van der Waals surface area contributed by atoms with Crippen LogP contribution >= 0.6 is 11.6 Å². The molecule has 4 heteroatoms. The molecule has 3 nitrogen and oxygen atoms in total. The van der Waals surface area contributed by atoms with Gasteiger partial charge in [0, 0.05) is 30.2 Å². The zero-order valence-electron chi connectivity index (χ0n) is 13.1. The monoisotopic (exact) mass is 298 g/mol. The number of rotatable bonds is 9. The van der Waals surface area contributed by atoms with E-state index in [9.17, 15) is 0 Å². The maximum atomic E-state index is 6.07. The molecule has 0 aliphatic carbocycles. The SMILES string of the molecule is CCN(CC)CCNCc1cc(Cl)ccc1OC(C)C. The van der Waals surface area contributed by atoms with Gasteiger partial charge in [0.2, 0.25) is 0 Å². The van der Waals surface area contributed by atoms with E-state index in [1.165, 1.54) is 0 Å². The zero-order chi connectivity index (χ0) is 15.0. The highest BCUT2D eigenvalue weighted by Crippen LogP contribution is 2.23. The molecule has 0 fully saturated rings. The van der Waals surface area contributed by atoms with Crippen molar-refractivity contribution in [2.45, 2.75) is 40.3 Å². The molecule has 20 heavy (non-hydrogen) atoms. The third-order valence-electron chi connectivity index (χ3n) is 3.20. The third kappa shape index (κ3) is 6.12. The van der Waals surface area contributed by atoms with Crippen LogP contribution in [0.5, 0.6) is 5.75 Å². The highest BCUT2D eigenvalue weighted by atomic mass is 35.5. The Hall–Kier alpha value is -0.770. The molecule has 0 aromatic heterocycles. The van der Waals surface area contributed by atoms with E-state index in [1.807, 2.05) is 32.0 Å². The van der Waals surface area contributed by atoms with Gasteiger partial charge in [0.05, 0.1) is 6.10 Å². The molecule has 0 heterocycles. The Morgan fingerprint density at radius 3 is 2.55 bits per heavy atom. The Morgan fingerprint density at radius 2 is 1.95 bits per heavy atom. The first kappa shape index (κ1) is 17.3. The van der Waals surface area contributed by atoms with Crippen molar-refractivity contribution in [1.29, 1.82) is 0 Å². The average molecular weight is 299 g/mol. The second-order valence-corrected chi connectivity index (χ2v) is 5.56. The molecule has 0 aliphatic heterocycles. The smallest absolute Gasteiger partial charge is 0.124 e. The van der Waals surface area contributed by atoms with Crippen molar-refractivity contribution < 1.29 is 4.74 Å². The van der Waals surface area contributed by atoms with Crippen LogP contribution in [0.2, 0.25) is 5.02 Å². The van der Waals surface area contributed by atoms with Crippen LogP contribution in [0.15, 0.2) is 18.2 Å². The van der Waals surface area contributed by atoms with E-state index in [0.29, 0.717) is 0 Å². The summed E-state index contributed by atoms with van der Waals surface area (Å²) in [5.74, 6) is 0.916. The van der Waals surface area contributed by atoms with Gasteiger partial charge in [-0.25, -0.2) is 0 Å². The summed E-state index contributed by atoms with van der Waals surface area (Å²) in [6.45, 7) is 13.4. The summed E-state index contributed by atoms with van der Waals surface area (Å²) < 4.78 is 5.81. The van der Waals surface area contributed by atoms with E-state index < -0.39 is 0 Å². The van der Waals surface area contributed by atoms with E-state index in [1.54, 1.807) is 0 Å². The Balaban J connectivity index is 2.51. The number of nitrogens with zero attached hydrogens (tertiary/aromatic N) is 1. The number of likely N-dealkylation sites (N-methyl/N-ethyl adjacent to an activating group) is 1. The molecule has 0 aliphatic rings. The summed E-state index contributed by atoms with van der Waals surface area (Å²) in [5, 5.41) is 4.21. The molecule has 0 atom stereocenters. The second-order valence-electron chi connectivity index (χ2n) is 5.12. The summed E-state index contributed by atoms with van der Waals surface area (Å²) >= 11 is 6.07. The number of ether oxygens (including phenoxy) is 1. The van der Waals surface area contributed by atoms with Gasteiger partial charge in [0.1, 0.15) is 5.75 Å². The number of hydrogen-bond donors (Lipinski definition) is 1. The molecule has 1 aromatic carbocycles. The van der Waals surface area contributed by atoms with Crippen molar-refractivity contribution in [2.24, 2.45) is 0 Å². The highest BCUT2D eigenvalue weighted by Gasteiger charge is 2.07. The van der Waals surface area contributed by atoms with Gasteiger partial charge in [-0.15, -0.1) is 0 Å². The third-order valence-corrected chi connectivity index (χ3v) is 3.43. The van der Waals surface area contributed by atoms with Crippen LogP contribution in [-0.4, -0.2) is 37.2 Å². The van der Waals surface area contributed by atoms with Gasteiger partial charge in [-0.1, -0.05) is 25.4 Å². The Morgan fingerprint density at radius 1 is 1.25 bits per heavy atom. The van der Waals surface area contributed by atoms with Crippen LogP contribution in [0.3, 0.4) is 0 Å². The minimum Gasteiger partial charge on any atom is -0.491 e. The first-order valence-corrected chi connectivity index (χ1v) is 7.82. The maximum Gasteiger partial charge on any atom is 0.124 e. The molecule has 0 unspecified atom stereocenters. The van der Waals surface area contributed by atoms with E-state index in [0.717, 1.165) is 49.1 Å². The van der Waals surface area contributed by atoms with Crippen molar-refractivity contribution in [3.63, 3.8) is 0 Å². The first-order chi connectivity index (χ1) is 9.56. The van der Waals surface area contributed by atoms with Gasteiger partial charge in [0.25, 0.3) is 0 Å². The largest absolute Gasteiger partial charge is 0.491 e. The van der Waals surface area contributed by atoms with Gasteiger partial charge in [0.15, 0.2) is 0 Å². The van der Waals surface area contributed by atoms with Crippen molar-refractivity contribution in [3.05, 3.63) is 28.8 Å². The van der Waals surface area contributed by atoms with Crippen molar-refractivity contribution >= 4 is 11.6 Å². The van der Waals surface area contributed by atoms with Gasteiger partial charge < -0.3 is 15.0 Å². The topological polar surface area (TPSA) is 24.5 Å². The highest BCUT2D eigenvalue weighted by molar-refractivity contribution is 6.30. The Bertz CT molecular complexity index is 392.